The third-order valence-electron chi connectivity index (χ3n) is 2.28. The molecule has 0 bridgehead atoms. The number of ether oxygens (including phenoxy) is 4. The zero-order chi connectivity index (χ0) is 12.7. The lowest BCUT2D eigenvalue weighted by molar-refractivity contribution is 0.0465. The first-order chi connectivity index (χ1) is 8.19. The quantitative estimate of drug-likeness (QED) is 0.534. The normalized spacial score (nSPS) is 10.1. The highest BCUT2D eigenvalue weighted by molar-refractivity contribution is 6.71. The van der Waals surface area contributed by atoms with Crippen molar-refractivity contribution in [2.75, 3.05) is 27.8 Å². The van der Waals surface area contributed by atoms with Crippen LogP contribution in [0.15, 0.2) is 18.2 Å². The Bertz CT molecular complexity index is 341. The third kappa shape index (κ3) is 4.28. The summed E-state index contributed by atoms with van der Waals surface area (Å²) >= 11 is 0. The second-order valence-corrected chi connectivity index (χ2v) is 3.96. The summed E-state index contributed by atoms with van der Waals surface area (Å²) in [5.41, 5.74) is 1.13. The molecule has 0 saturated heterocycles. The Hall–Kier alpha value is -1.20. The van der Waals surface area contributed by atoms with Gasteiger partial charge in [0.1, 0.15) is 11.5 Å². The average molecular weight is 238 g/mol. The van der Waals surface area contributed by atoms with Crippen LogP contribution in [0, 0.1) is 0 Å². The molecular weight excluding hydrogens is 219 g/mol. The molecule has 17 heavy (non-hydrogen) atoms. The van der Waals surface area contributed by atoms with Crippen molar-refractivity contribution in [3.63, 3.8) is 0 Å². The zero-order valence-corrected chi connectivity index (χ0v) is 10.9. The van der Waals surface area contributed by atoms with Gasteiger partial charge in [-0.3, -0.25) is 0 Å². The Labute approximate surface area is 103 Å². The van der Waals surface area contributed by atoms with Gasteiger partial charge >= 0.3 is 0 Å². The van der Waals surface area contributed by atoms with Crippen LogP contribution >= 0.6 is 0 Å². The molecule has 0 unspecified atom stereocenters. The standard InChI is InChI=1S/C12H19BO4/c1-13(2)11-6-5-10(16-8-14-3)7-12(11)17-9-15-4/h5-7H,8-9H2,1-4H3. The summed E-state index contributed by atoms with van der Waals surface area (Å²) in [7, 11) is 3.19. The van der Waals surface area contributed by atoms with Gasteiger partial charge in [0.05, 0.1) is 0 Å². The summed E-state index contributed by atoms with van der Waals surface area (Å²) in [6, 6.07) is 5.77. The zero-order valence-electron chi connectivity index (χ0n) is 10.9. The van der Waals surface area contributed by atoms with E-state index in [2.05, 4.69) is 13.6 Å². The third-order valence-corrected chi connectivity index (χ3v) is 2.28. The van der Waals surface area contributed by atoms with Crippen LogP contribution in [0.1, 0.15) is 0 Å². The average Bonchev–Trinajstić information content (AvgIpc) is 2.33. The molecule has 5 heteroatoms. The van der Waals surface area contributed by atoms with Crippen LogP contribution in [0.5, 0.6) is 11.5 Å². The predicted octanol–water partition coefficient (Wildman–Crippen LogP) is 1.61. The summed E-state index contributed by atoms with van der Waals surface area (Å²) < 4.78 is 20.7. The molecule has 1 aromatic carbocycles. The molecule has 1 rings (SSSR count). The van der Waals surface area contributed by atoms with Crippen molar-refractivity contribution in [2.45, 2.75) is 13.6 Å². The molecule has 0 aliphatic heterocycles. The van der Waals surface area contributed by atoms with Gasteiger partial charge in [0.15, 0.2) is 20.3 Å². The van der Waals surface area contributed by atoms with Gasteiger partial charge in [0.2, 0.25) is 0 Å². The van der Waals surface area contributed by atoms with Gasteiger partial charge in [-0.15, -0.1) is 0 Å². The van der Waals surface area contributed by atoms with Crippen molar-refractivity contribution in [3.8, 4) is 11.5 Å². The molecule has 0 N–H and O–H groups in total. The van der Waals surface area contributed by atoms with Crippen LogP contribution in [0.2, 0.25) is 13.6 Å². The Balaban J connectivity index is 2.84. The molecule has 0 saturated carbocycles. The molecule has 0 aromatic heterocycles. The van der Waals surface area contributed by atoms with Crippen LogP contribution in [0.4, 0.5) is 0 Å². The van der Waals surface area contributed by atoms with E-state index in [-0.39, 0.29) is 13.6 Å². The van der Waals surface area contributed by atoms with E-state index in [1.807, 2.05) is 18.2 Å². The van der Waals surface area contributed by atoms with Crippen LogP contribution in [-0.2, 0) is 9.47 Å². The topological polar surface area (TPSA) is 36.9 Å². The predicted molar refractivity (Wildman–Crippen MR) is 68.6 cm³/mol. The van der Waals surface area contributed by atoms with E-state index in [9.17, 15) is 0 Å². The maximum Gasteiger partial charge on any atom is 0.188 e. The minimum absolute atomic E-state index is 0.227. The highest BCUT2D eigenvalue weighted by Crippen LogP contribution is 2.18. The summed E-state index contributed by atoms with van der Waals surface area (Å²) in [4.78, 5) is 0. The lowest BCUT2D eigenvalue weighted by atomic mass is 9.49. The molecule has 0 atom stereocenters. The monoisotopic (exact) mass is 238 g/mol. The lowest BCUT2D eigenvalue weighted by Crippen LogP contribution is -2.25. The molecule has 0 amide bonds. The minimum Gasteiger partial charge on any atom is -0.468 e. The van der Waals surface area contributed by atoms with E-state index in [0.29, 0.717) is 6.71 Å². The van der Waals surface area contributed by atoms with Gasteiger partial charge in [-0.05, 0) is 11.5 Å². The van der Waals surface area contributed by atoms with Gasteiger partial charge in [-0.1, -0.05) is 19.7 Å². The van der Waals surface area contributed by atoms with Crippen molar-refractivity contribution in [3.05, 3.63) is 18.2 Å². The van der Waals surface area contributed by atoms with Crippen molar-refractivity contribution in [1.82, 2.24) is 0 Å². The SMILES string of the molecule is COCOc1ccc(B(C)C)c(OCOC)c1. The van der Waals surface area contributed by atoms with E-state index in [4.69, 9.17) is 18.9 Å². The maximum absolute atomic E-state index is 5.53. The van der Waals surface area contributed by atoms with E-state index in [0.717, 1.165) is 17.0 Å². The van der Waals surface area contributed by atoms with Crippen molar-refractivity contribution < 1.29 is 18.9 Å². The van der Waals surface area contributed by atoms with Crippen LogP contribution in [0.3, 0.4) is 0 Å². The fourth-order valence-corrected chi connectivity index (χ4v) is 1.46. The highest BCUT2D eigenvalue weighted by atomic mass is 16.7. The highest BCUT2D eigenvalue weighted by Gasteiger charge is 2.11. The summed E-state index contributed by atoms with van der Waals surface area (Å²) in [6.45, 7) is 5.08. The fourth-order valence-electron chi connectivity index (χ4n) is 1.46. The Morgan fingerprint density at radius 2 is 1.65 bits per heavy atom. The second kappa shape index (κ2) is 7.19. The van der Waals surface area contributed by atoms with E-state index in [1.54, 1.807) is 14.2 Å². The van der Waals surface area contributed by atoms with Gasteiger partial charge in [-0.25, -0.2) is 0 Å². The summed E-state index contributed by atoms with van der Waals surface area (Å²) in [6.07, 6.45) is 0. The molecule has 0 aliphatic carbocycles. The van der Waals surface area contributed by atoms with Gasteiger partial charge in [0.25, 0.3) is 0 Å². The molecule has 94 valence electrons. The molecular formula is C12H19BO4. The van der Waals surface area contributed by atoms with Crippen LogP contribution in [-0.4, -0.2) is 34.5 Å². The smallest absolute Gasteiger partial charge is 0.188 e. The van der Waals surface area contributed by atoms with Crippen LogP contribution < -0.4 is 14.9 Å². The molecule has 0 fully saturated rings. The van der Waals surface area contributed by atoms with Crippen molar-refractivity contribution in [1.29, 1.82) is 0 Å². The van der Waals surface area contributed by atoms with Crippen molar-refractivity contribution in [2.24, 2.45) is 0 Å². The molecule has 0 aliphatic rings. The molecule has 0 heterocycles. The lowest BCUT2D eigenvalue weighted by Gasteiger charge is -2.14. The summed E-state index contributed by atoms with van der Waals surface area (Å²) in [5, 5.41) is 0. The maximum atomic E-state index is 5.53. The van der Waals surface area contributed by atoms with Gasteiger partial charge in [0, 0.05) is 20.3 Å². The number of hydrogen-bond acceptors (Lipinski definition) is 4. The van der Waals surface area contributed by atoms with E-state index < -0.39 is 0 Å². The van der Waals surface area contributed by atoms with E-state index >= 15 is 0 Å². The van der Waals surface area contributed by atoms with Crippen LogP contribution in [0.25, 0.3) is 0 Å². The summed E-state index contributed by atoms with van der Waals surface area (Å²) in [5.74, 6) is 1.51. The first-order valence-electron chi connectivity index (χ1n) is 5.56. The Morgan fingerprint density at radius 3 is 2.24 bits per heavy atom. The van der Waals surface area contributed by atoms with E-state index in [1.165, 1.54) is 0 Å². The molecule has 4 nitrogen and oxygen atoms in total. The first kappa shape index (κ1) is 13.9. The number of methoxy groups -OCH3 is 2. The van der Waals surface area contributed by atoms with Crippen molar-refractivity contribution >= 4 is 12.2 Å². The Kier molecular flexibility index (Phi) is 5.87. The van der Waals surface area contributed by atoms with Gasteiger partial charge < -0.3 is 18.9 Å². The molecule has 0 radical (unpaired) electrons. The number of rotatable bonds is 7. The second-order valence-electron chi connectivity index (χ2n) is 3.96. The number of hydrogen-bond donors (Lipinski definition) is 0. The number of benzene rings is 1. The van der Waals surface area contributed by atoms with Gasteiger partial charge in [-0.2, -0.15) is 0 Å². The Morgan fingerprint density at radius 1 is 1.00 bits per heavy atom. The fraction of sp³-hybridized carbons (Fsp3) is 0.500. The first-order valence-corrected chi connectivity index (χ1v) is 5.56. The largest absolute Gasteiger partial charge is 0.468 e. The minimum atomic E-state index is 0.227. The molecule has 0 spiro atoms. The molecule has 1 aromatic rings.